The number of carbonyl (C=O) groups is 1. The van der Waals surface area contributed by atoms with Gasteiger partial charge < -0.3 is 5.11 Å². The molecule has 3 nitrogen and oxygen atoms in total. The number of allylic oxidation sites excluding steroid dienone is 2. The Labute approximate surface area is 132 Å². The molecule has 0 bridgehead atoms. The number of hydrogen-bond acceptors (Lipinski definition) is 2. The molecule has 0 saturated carbocycles. The summed E-state index contributed by atoms with van der Waals surface area (Å²) in [5.74, 6) is 0.970. The molecule has 0 aromatic carbocycles. The van der Waals surface area contributed by atoms with Gasteiger partial charge >= 0.3 is 5.97 Å². The first-order valence-corrected chi connectivity index (χ1v) is 9.87. The van der Waals surface area contributed by atoms with E-state index >= 15 is 0 Å². The zero-order chi connectivity index (χ0) is 15.8. The summed E-state index contributed by atoms with van der Waals surface area (Å²) in [5, 5.41) is 8.51. The van der Waals surface area contributed by atoms with Crippen LogP contribution in [0.4, 0.5) is 0 Å². The summed E-state index contributed by atoms with van der Waals surface area (Å²) in [6.07, 6.45) is 15.4. The predicted molar refractivity (Wildman–Crippen MR) is 91.1 cm³/mol. The molecule has 0 aliphatic rings. The van der Waals surface area contributed by atoms with Crippen LogP contribution in [0.2, 0.25) is 0 Å². The summed E-state index contributed by atoms with van der Waals surface area (Å²) in [6.45, 7) is 2.16. The number of aliphatic carboxylic acids is 1. The van der Waals surface area contributed by atoms with E-state index in [4.69, 9.17) is 5.11 Å². The van der Waals surface area contributed by atoms with Crippen molar-refractivity contribution in [1.29, 1.82) is 0 Å². The first kappa shape index (κ1) is 20.4. The third kappa shape index (κ3) is 17.3. The second kappa shape index (κ2) is 15.7. The van der Waals surface area contributed by atoms with E-state index in [0.717, 1.165) is 50.0 Å². The third-order valence-electron chi connectivity index (χ3n) is 3.42. The number of hydrogen-bond donors (Lipinski definition) is 1. The van der Waals surface area contributed by atoms with Gasteiger partial charge in [0.05, 0.1) is 0 Å². The molecule has 0 saturated heterocycles. The van der Waals surface area contributed by atoms with Crippen molar-refractivity contribution in [2.24, 2.45) is 0 Å². The van der Waals surface area contributed by atoms with E-state index in [2.05, 4.69) is 19.1 Å². The van der Waals surface area contributed by atoms with E-state index < -0.39 is 16.8 Å². The predicted octanol–water partition coefficient (Wildman–Crippen LogP) is 4.69. The van der Waals surface area contributed by atoms with Gasteiger partial charge in [0.25, 0.3) is 0 Å². The van der Waals surface area contributed by atoms with Crippen LogP contribution in [0.15, 0.2) is 12.2 Å². The zero-order valence-electron chi connectivity index (χ0n) is 13.5. The minimum atomic E-state index is -0.690. The molecule has 0 spiro atoms. The highest BCUT2D eigenvalue weighted by atomic mass is 32.2. The van der Waals surface area contributed by atoms with Crippen LogP contribution in [0.3, 0.4) is 0 Å². The van der Waals surface area contributed by atoms with Crippen LogP contribution < -0.4 is 0 Å². The maximum absolute atomic E-state index is 11.6. The van der Waals surface area contributed by atoms with Crippen molar-refractivity contribution in [3.05, 3.63) is 12.2 Å². The normalized spacial score (nSPS) is 12.8. The first-order valence-electron chi connectivity index (χ1n) is 8.38. The van der Waals surface area contributed by atoms with Crippen molar-refractivity contribution in [2.45, 2.75) is 77.6 Å². The summed E-state index contributed by atoms with van der Waals surface area (Å²) in [7, 11) is -0.637. The van der Waals surface area contributed by atoms with Gasteiger partial charge in [0.1, 0.15) is 0 Å². The van der Waals surface area contributed by atoms with Gasteiger partial charge in [-0.25, -0.2) is 0 Å². The number of rotatable bonds is 15. The van der Waals surface area contributed by atoms with E-state index in [1.807, 2.05) is 0 Å². The highest BCUT2D eigenvalue weighted by molar-refractivity contribution is 7.84. The Morgan fingerprint density at radius 1 is 0.905 bits per heavy atom. The van der Waals surface area contributed by atoms with Gasteiger partial charge in [-0.2, -0.15) is 0 Å². The largest absolute Gasteiger partial charge is 0.481 e. The van der Waals surface area contributed by atoms with Crippen molar-refractivity contribution >= 4 is 16.8 Å². The lowest BCUT2D eigenvalue weighted by Gasteiger charge is -1.99. The van der Waals surface area contributed by atoms with Gasteiger partial charge in [0.15, 0.2) is 0 Å². The molecule has 4 heteroatoms. The van der Waals surface area contributed by atoms with E-state index in [1.165, 1.54) is 25.7 Å². The smallest absolute Gasteiger partial charge is 0.303 e. The first-order chi connectivity index (χ1) is 10.2. The molecule has 1 unspecified atom stereocenters. The Morgan fingerprint density at radius 3 is 2.29 bits per heavy atom. The fraction of sp³-hybridized carbons (Fsp3) is 0.824. The molecular weight excluding hydrogens is 284 g/mol. The minimum Gasteiger partial charge on any atom is -0.481 e. The Bertz CT molecular complexity index is 300. The summed E-state index contributed by atoms with van der Waals surface area (Å²) >= 11 is 0. The van der Waals surface area contributed by atoms with Gasteiger partial charge in [0.2, 0.25) is 0 Å². The van der Waals surface area contributed by atoms with Gasteiger partial charge in [0, 0.05) is 28.7 Å². The number of unbranched alkanes of at least 4 members (excludes halogenated alkanes) is 7. The topological polar surface area (TPSA) is 54.4 Å². The van der Waals surface area contributed by atoms with Crippen LogP contribution in [0.1, 0.15) is 77.6 Å². The Balaban J connectivity index is 3.25. The summed E-state index contributed by atoms with van der Waals surface area (Å²) < 4.78 is 11.6. The molecule has 1 atom stereocenters. The monoisotopic (exact) mass is 316 g/mol. The van der Waals surface area contributed by atoms with Gasteiger partial charge in [-0.1, -0.05) is 51.2 Å². The molecule has 0 aromatic heterocycles. The Morgan fingerprint density at radius 2 is 1.57 bits per heavy atom. The average molecular weight is 317 g/mol. The van der Waals surface area contributed by atoms with Crippen LogP contribution in [0, 0.1) is 0 Å². The summed E-state index contributed by atoms with van der Waals surface area (Å²) in [6, 6.07) is 0. The van der Waals surface area contributed by atoms with E-state index in [-0.39, 0.29) is 0 Å². The van der Waals surface area contributed by atoms with Crippen molar-refractivity contribution in [2.75, 3.05) is 11.5 Å². The highest BCUT2D eigenvalue weighted by Gasteiger charge is 1.97. The van der Waals surface area contributed by atoms with Crippen LogP contribution in [-0.2, 0) is 15.6 Å². The lowest BCUT2D eigenvalue weighted by atomic mass is 10.1. The van der Waals surface area contributed by atoms with Gasteiger partial charge in [-0.15, -0.1) is 0 Å². The standard InChI is InChI=1S/C17H32O3S/c1-2-3-12-15-21(20)16-13-10-8-6-4-5-7-9-11-14-17(18)19/h8,10H,2-7,9,11-16H2,1H3,(H,18,19). The molecule has 0 aliphatic heterocycles. The van der Waals surface area contributed by atoms with Crippen molar-refractivity contribution in [3.63, 3.8) is 0 Å². The van der Waals surface area contributed by atoms with Crippen LogP contribution in [0.5, 0.6) is 0 Å². The second-order valence-electron chi connectivity index (χ2n) is 5.52. The second-order valence-corrected chi connectivity index (χ2v) is 7.21. The lowest BCUT2D eigenvalue weighted by Crippen LogP contribution is -2.01. The maximum atomic E-state index is 11.6. The van der Waals surface area contributed by atoms with Crippen molar-refractivity contribution < 1.29 is 14.1 Å². The fourth-order valence-electron chi connectivity index (χ4n) is 2.12. The van der Waals surface area contributed by atoms with Crippen LogP contribution in [-0.4, -0.2) is 26.8 Å². The molecule has 0 rings (SSSR count). The molecule has 0 amide bonds. The van der Waals surface area contributed by atoms with Gasteiger partial charge in [-0.05, 0) is 32.1 Å². The quantitative estimate of drug-likeness (QED) is 0.352. The SMILES string of the molecule is CCCCCS(=O)CCC=CCCCCCCCC(=O)O. The Kier molecular flexibility index (Phi) is 15.3. The Hall–Kier alpha value is -0.640. The molecule has 0 fully saturated rings. The zero-order valence-corrected chi connectivity index (χ0v) is 14.3. The molecule has 0 heterocycles. The minimum absolute atomic E-state index is 0.301. The highest BCUT2D eigenvalue weighted by Crippen LogP contribution is 2.08. The molecule has 0 aliphatic carbocycles. The average Bonchev–Trinajstić information content (AvgIpc) is 2.44. The third-order valence-corrected chi connectivity index (χ3v) is 4.85. The molecular formula is C17H32O3S. The van der Waals surface area contributed by atoms with Crippen molar-refractivity contribution in [1.82, 2.24) is 0 Å². The summed E-state index contributed by atoms with van der Waals surface area (Å²) in [4.78, 5) is 10.3. The molecule has 21 heavy (non-hydrogen) atoms. The summed E-state index contributed by atoms with van der Waals surface area (Å²) in [5.41, 5.74) is 0. The van der Waals surface area contributed by atoms with E-state index in [9.17, 15) is 9.00 Å². The molecule has 0 radical (unpaired) electrons. The van der Waals surface area contributed by atoms with E-state index in [1.54, 1.807) is 0 Å². The van der Waals surface area contributed by atoms with E-state index in [0.29, 0.717) is 6.42 Å². The number of carboxylic acid groups (broad SMARTS) is 1. The maximum Gasteiger partial charge on any atom is 0.303 e. The van der Waals surface area contributed by atoms with Crippen molar-refractivity contribution in [3.8, 4) is 0 Å². The molecule has 1 N–H and O–H groups in total. The van der Waals surface area contributed by atoms with Crippen LogP contribution >= 0.6 is 0 Å². The fourth-order valence-corrected chi connectivity index (χ4v) is 3.25. The van der Waals surface area contributed by atoms with Gasteiger partial charge in [-0.3, -0.25) is 9.00 Å². The lowest BCUT2D eigenvalue weighted by molar-refractivity contribution is -0.137. The van der Waals surface area contributed by atoms with Crippen LogP contribution in [0.25, 0.3) is 0 Å². The molecule has 124 valence electrons. The number of carboxylic acids is 1. The molecule has 0 aromatic rings.